The summed E-state index contributed by atoms with van der Waals surface area (Å²) in [4.78, 5) is 26.6. The molecule has 112 valence electrons. The monoisotopic (exact) mass is 273 g/mol. The average molecular weight is 273 g/mol. The Hall–Kier alpha value is -1.14. The fourth-order valence-corrected chi connectivity index (χ4v) is 1.28. The van der Waals surface area contributed by atoms with Gasteiger partial charge in [0.25, 0.3) is 0 Å². The molecule has 0 aliphatic rings. The number of carbonyl (C=O) groups is 2. The molecule has 0 heterocycles. The van der Waals surface area contributed by atoms with Crippen molar-refractivity contribution in [2.45, 2.75) is 32.7 Å². The van der Waals surface area contributed by atoms with Gasteiger partial charge in [-0.1, -0.05) is 6.92 Å². The summed E-state index contributed by atoms with van der Waals surface area (Å²) in [5.74, 6) is -0.294. The molecular formula is C13H27N3O3. The van der Waals surface area contributed by atoms with Crippen LogP contribution in [-0.4, -0.2) is 72.6 Å². The van der Waals surface area contributed by atoms with Gasteiger partial charge in [0.15, 0.2) is 0 Å². The lowest BCUT2D eigenvalue weighted by Crippen LogP contribution is -2.50. The molecule has 0 saturated carbocycles. The van der Waals surface area contributed by atoms with Gasteiger partial charge in [-0.15, -0.1) is 0 Å². The largest absolute Gasteiger partial charge is 0.394 e. The zero-order chi connectivity index (χ0) is 15.1. The molecule has 0 aromatic heterocycles. The van der Waals surface area contributed by atoms with E-state index in [0.29, 0.717) is 6.54 Å². The minimum absolute atomic E-state index is 0.0303. The van der Waals surface area contributed by atoms with E-state index in [0.717, 1.165) is 6.42 Å². The standard InChI is InChI=1S/C13H27N3O3/c1-6-7-14-11(18)8-15(4)12(19)9-16(5)13(2,3)10-17/h17H,6-10H2,1-5H3,(H,14,18). The van der Waals surface area contributed by atoms with Crippen molar-refractivity contribution in [3.8, 4) is 0 Å². The fourth-order valence-electron chi connectivity index (χ4n) is 1.28. The molecule has 2 N–H and O–H groups in total. The van der Waals surface area contributed by atoms with Crippen LogP contribution in [0.2, 0.25) is 0 Å². The predicted octanol–water partition coefficient (Wildman–Crippen LogP) is -0.326. The third kappa shape index (κ3) is 6.54. The molecule has 0 saturated heterocycles. The van der Waals surface area contributed by atoms with E-state index < -0.39 is 5.54 Å². The van der Waals surface area contributed by atoms with Crippen LogP contribution in [0.1, 0.15) is 27.2 Å². The summed E-state index contributed by atoms with van der Waals surface area (Å²) in [5.41, 5.74) is -0.457. The first-order chi connectivity index (χ1) is 8.74. The van der Waals surface area contributed by atoms with Crippen LogP contribution < -0.4 is 5.32 Å². The zero-order valence-corrected chi connectivity index (χ0v) is 12.7. The number of aliphatic hydroxyl groups excluding tert-OH is 1. The van der Waals surface area contributed by atoms with Crippen molar-refractivity contribution in [3.05, 3.63) is 0 Å². The van der Waals surface area contributed by atoms with Gasteiger partial charge in [0, 0.05) is 19.1 Å². The van der Waals surface area contributed by atoms with Crippen molar-refractivity contribution >= 4 is 11.8 Å². The smallest absolute Gasteiger partial charge is 0.239 e. The summed E-state index contributed by atoms with van der Waals surface area (Å²) in [6.07, 6.45) is 0.872. The normalized spacial score (nSPS) is 11.5. The first-order valence-electron chi connectivity index (χ1n) is 6.57. The van der Waals surface area contributed by atoms with E-state index in [1.807, 2.05) is 20.8 Å². The Morgan fingerprint density at radius 3 is 2.26 bits per heavy atom. The lowest BCUT2D eigenvalue weighted by molar-refractivity contribution is -0.136. The van der Waals surface area contributed by atoms with Crippen LogP contribution in [-0.2, 0) is 9.59 Å². The van der Waals surface area contributed by atoms with Crippen molar-refractivity contribution < 1.29 is 14.7 Å². The third-order valence-corrected chi connectivity index (χ3v) is 3.17. The molecule has 0 aromatic rings. The van der Waals surface area contributed by atoms with Gasteiger partial charge in [-0.2, -0.15) is 0 Å². The molecule has 0 bridgehead atoms. The molecule has 0 aromatic carbocycles. The van der Waals surface area contributed by atoms with Crippen molar-refractivity contribution in [2.75, 3.05) is 40.3 Å². The second-order valence-electron chi connectivity index (χ2n) is 5.43. The highest BCUT2D eigenvalue weighted by Crippen LogP contribution is 2.10. The van der Waals surface area contributed by atoms with Crippen LogP contribution in [0.3, 0.4) is 0 Å². The van der Waals surface area contributed by atoms with Crippen molar-refractivity contribution in [1.29, 1.82) is 0 Å². The zero-order valence-electron chi connectivity index (χ0n) is 12.7. The van der Waals surface area contributed by atoms with E-state index in [-0.39, 0.29) is 31.5 Å². The lowest BCUT2D eigenvalue weighted by Gasteiger charge is -2.34. The van der Waals surface area contributed by atoms with E-state index in [4.69, 9.17) is 0 Å². The Balaban J connectivity index is 4.24. The molecule has 6 heteroatoms. The quantitative estimate of drug-likeness (QED) is 0.635. The topological polar surface area (TPSA) is 72.9 Å². The predicted molar refractivity (Wildman–Crippen MR) is 74.7 cm³/mol. The molecule has 0 aliphatic heterocycles. The first kappa shape index (κ1) is 17.9. The van der Waals surface area contributed by atoms with Gasteiger partial charge in [-0.05, 0) is 27.3 Å². The fraction of sp³-hybridized carbons (Fsp3) is 0.846. The minimum Gasteiger partial charge on any atom is -0.394 e. The summed E-state index contributed by atoms with van der Waals surface area (Å²) in [5, 5.41) is 12.0. The lowest BCUT2D eigenvalue weighted by atomic mass is 10.1. The summed E-state index contributed by atoms with van der Waals surface area (Å²) in [6, 6.07) is 0. The van der Waals surface area contributed by atoms with E-state index in [2.05, 4.69) is 5.32 Å². The van der Waals surface area contributed by atoms with Crippen molar-refractivity contribution in [2.24, 2.45) is 0 Å². The van der Waals surface area contributed by atoms with Gasteiger partial charge in [0.2, 0.25) is 11.8 Å². The van der Waals surface area contributed by atoms with E-state index in [1.54, 1.807) is 19.0 Å². The van der Waals surface area contributed by atoms with Gasteiger partial charge in [-0.25, -0.2) is 0 Å². The summed E-state index contributed by atoms with van der Waals surface area (Å²) in [6.45, 7) is 6.51. The second-order valence-corrected chi connectivity index (χ2v) is 5.43. The Labute approximate surface area is 115 Å². The van der Waals surface area contributed by atoms with Gasteiger partial charge >= 0.3 is 0 Å². The van der Waals surface area contributed by atoms with E-state index in [9.17, 15) is 14.7 Å². The van der Waals surface area contributed by atoms with E-state index >= 15 is 0 Å². The van der Waals surface area contributed by atoms with Crippen LogP contribution in [0.15, 0.2) is 0 Å². The van der Waals surface area contributed by atoms with Crippen LogP contribution in [0, 0.1) is 0 Å². The first-order valence-corrected chi connectivity index (χ1v) is 6.57. The maximum absolute atomic E-state index is 11.9. The number of likely N-dealkylation sites (N-methyl/N-ethyl adjacent to an activating group) is 2. The molecule has 19 heavy (non-hydrogen) atoms. The van der Waals surface area contributed by atoms with Crippen LogP contribution in [0.5, 0.6) is 0 Å². The van der Waals surface area contributed by atoms with E-state index in [1.165, 1.54) is 4.90 Å². The molecule has 2 amide bonds. The van der Waals surface area contributed by atoms with Gasteiger partial charge < -0.3 is 15.3 Å². The summed E-state index contributed by atoms with van der Waals surface area (Å²) >= 11 is 0. The Morgan fingerprint density at radius 2 is 1.79 bits per heavy atom. The molecule has 0 spiro atoms. The van der Waals surface area contributed by atoms with Crippen molar-refractivity contribution in [3.63, 3.8) is 0 Å². The molecule has 0 rings (SSSR count). The Bertz CT molecular complexity index is 306. The molecule has 0 atom stereocenters. The average Bonchev–Trinajstić information content (AvgIpc) is 2.35. The molecule has 0 fully saturated rings. The number of hydrogen-bond donors (Lipinski definition) is 2. The summed E-state index contributed by atoms with van der Waals surface area (Å²) in [7, 11) is 3.38. The van der Waals surface area contributed by atoms with Gasteiger partial charge in [-0.3, -0.25) is 14.5 Å². The highest BCUT2D eigenvalue weighted by molar-refractivity contribution is 5.85. The number of hydrogen-bond acceptors (Lipinski definition) is 4. The number of rotatable bonds is 8. The van der Waals surface area contributed by atoms with Gasteiger partial charge in [0.05, 0.1) is 19.7 Å². The Kier molecular flexibility index (Phi) is 7.63. The third-order valence-electron chi connectivity index (χ3n) is 3.17. The number of carbonyl (C=O) groups excluding carboxylic acids is 2. The number of nitrogens with zero attached hydrogens (tertiary/aromatic N) is 2. The van der Waals surface area contributed by atoms with Crippen LogP contribution >= 0.6 is 0 Å². The summed E-state index contributed by atoms with van der Waals surface area (Å²) < 4.78 is 0. The number of nitrogens with one attached hydrogen (secondary N) is 1. The highest BCUT2D eigenvalue weighted by atomic mass is 16.3. The van der Waals surface area contributed by atoms with Crippen LogP contribution in [0.25, 0.3) is 0 Å². The van der Waals surface area contributed by atoms with Crippen molar-refractivity contribution in [1.82, 2.24) is 15.1 Å². The molecular weight excluding hydrogens is 246 g/mol. The molecule has 0 radical (unpaired) electrons. The van der Waals surface area contributed by atoms with Crippen LogP contribution in [0.4, 0.5) is 0 Å². The van der Waals surface area contributed by atoms with Gasteiger partial charge in [0.1, 0.15) is 0 Å². The number of aliphatic hydroxyl groups is 1. The Morgan fingerprint density at radius 1 is 1.21 bits per heavy atom. The minimum atomic E-state index is -0.457. The molecule has 0 unspecified atom stereocenters. The highest BCUT2D eigenvalue weighted by Gasteiger charge is 2.25. The second kappa shape index (κ2) is 8.12. The maximum Gasteiger partial charge on any atom is 0.239 e. The maximum atomic E-state index is 11.9. The molecule has 0 aliphatic carbocycles. The molecule has 6 nitrogen and oxygen atoms in total. The SMILES string of the molecule is CCCNC(=O)CN(C)C(=O)CN(C)C(C)(C)CO. The number of amides is 2.